The van der Waals surface area contributed by atoms with Gasteiger partial charge in [-0.15, -0.1) is 0 Å². The molecule has 2 fully saturated rings. The van der Waals surface area contributed by atoms with Crippen molar-refractivity contribution in [3.8, 4) is 0 Å². The van der Waals surface area contributed by atoms with Gasteiger partial charge < -0.3 is 15.0 Å². The maximum Gasteiger partial charge on any atom is 0.248 e. The highest BCUT2D eigenvalue weighted by Crippen LogP contribution is 2.32. The van der Waals surface area contributed by atoms with E-state index in [1.165, 1.54) is 10.4 Å². The lowest BCUT2D eigenvalue weighted by molar-refractivity contribution is -0.111. The number of ether oxygens (including phenoxy) is 1. The maximum atomic E-state index is 13.2. The minimum absolute atomic E-state index is 0.151. The van der Waals surface area contributed by atoms with E-state index in [0.29, 0.717) is 48.4 Å². The quantitative estimate of drug-likeness (QED) is 0.621. The van der Waals surface area contributed by atoms with Crippen LogP contribution in [0.4, 0.5) is 11.4 Å². The van der Waals surface area contributed by atoms with Crippen LogP contribution in [0.15, 0.2) is 29.2 Å². The summed E-state index contributed by atoms with van der Waals surface area (Å²) in [5.41, 5.74) is 2.65. The monoisotopic (exact) mass is 493 g/mol. The molecule has 0 radical (unpaired) electrons. The van der Waals surface area contributed by atoms with Crippen LogP contribution >= 0.6 is 11.6 Å². The molecule has 0 atom stereocenters. The first-order valence-electron chi connectivity index (χ1n) is 10.9. The van der Waals surface area contributed by atoms with Crippen LogP contribution in [0.25, 0.3) is 6.08 Å². The molecule has 0 spiro atoms. The third-order valence-electron chi connectivity index (χ3n) is 5.88. The summed E-state index contributed by atoms with van der Waals surface area (Å²) in [6.07, 6.45) is 5.11. The highest BCUT2D eigenvalue weighted by Gasteiger charge is 2.28. The first kappa shape index (κ1) is 23.7. The van der Waals surface area contributed by atoms with E-state index in [1.54, 1.807) is 36.0 Å². The lowest BCUT2D eigenvalue weighted by Crippen LogP contribution is -2.40. The molecule has 2 saturated heterocycles. The van der Waals surface area contributed by atoms with Crippen molar-refractivity contribution in [2.24, 2.45) is 7.05 Å². The van der Waals surface area contributed by atoms with Crippen molar-refractivity contribution >= 4 is 45.0 Å². The van der Waals surface area contributed by atoms with Crippen molar-refractivity contribution < 1.29 is 17.9 Å². The number of hydrogen-bond acceptors (Lipinski definition) is 6. The molecule has 1 amide bonds. The second-order valence-electron chi connectivity index (χ2n) is 8.13. The molecule has 2 aliphatic heterocycles. The number of aryl methyl sites for hydroxylation is 2. The van der Waals surface area contributed by atoms with E-state index in [2.05, 4.69) is 15.3 Å². The van der Waals surface area contributed by atoms with E-state index >= 15 is 0 Å². The smallest absolute Gasteiger partial charge is 0.248 e. The Kier molecular flexibility index (Phi) is 7.08. The molecular weight excluding hydrogens is 466 g/mol. The number of benzene rings is 1. The van der Waals surface area contributed by atoms with Crippen LogP contribution in [-0.4, -0.2) is 67.8 Å². The number of halogens is 1. The Labute approximate surface area is 199 Å². The van der Waals surface area contributed by atoms with Gasteiger partial charge in [0.2, 0.25) is 15.9 Å². The summed E-state index contributed by atoms with van der Waals surface area (Å²) >= 11 is 6.24. The molecule has 1 aromatic carbocycles. The Morgan fingerprint density at radius 1 is 1.18 bits per heavy atom. The van der Waals surface area contributed by atoms with Gasteiger partial charge in [0.15, 0.2) is 0 Å². The summed E-state index contributed by atoms with van der Waals surface area (Å²) in [5, 5.41) is 7.55. The Bertz CT molecular complexity index is 1170. The zero-order chi connectivity index (χ0) is 23.6. The Hall–Kier alpha value is -2.40. The molecule has 4 rings (SSSR count). The normalized spacial score (nSPS) is 17.7. The molecule has 33 heavy (non-hydrogen) atoms. The van der Waals surface area contributed by atoms with Gasteiger partial charge in [-0.25, -0.2) is 8.42 Å². The molecule has 3 heterocycles. The molecule has 2 aromatic rings. The number of sulfonamides is 1. The van der Waals surface area contributed by atoms with E-state index in [9.17, 15) is 13.2 Å². The zero-order valence-corrected chi connectivity index (χ0v) is 20.3. The van der Waals surface area contributed by atoms with Gasteiger partial charge in [-0.2, -0.15) is 9.40 Å². The number of aromatic nitrogens is 2. The third-order valence-corrected chi connectivity index (χ3v) is 8.22. The molecule has 1 N–H and O–H groups in total. The second kappa shape index (κ2) is 9.84. The summed E-state index contributed by atoms with van der Waals surface area (Å²) in [5.74, 6) is -0.379. The number of morpholine rings is 1. The largest absolute Gasteiger partial charge is 0.379 e. The lowest BCUT2D eigenvalue weighted by Gasteiger charge is -2.27. The number of anilines is 2. The fraction of sp³-hybridized carbons (Fsp3) is 0.455. The first-order valence-corrected chi connectivity index (χ1v) is 12.7. The third kappa shape index (κ3) is 5.08. The molecule has 2 aliphatic rings. The van der Waals surface area contributed by atoms with E-state index in [0.717, 1.165) is 31.6 Å². The van der Waals surface area contributed by atoms with Crippen LogP contribution in [-0.2, 0) is 26.6 Å². The molecule has 0 bridgehead atoms. The van der Waals surface area contributed by atoms with Crippen molar-refractivity contribution in [1.29, 1.82) is 0 Å². The Morgan fingerprint density at radius 3 is 2.52 bits per heavy atom. The summed E-state index contributed by atoms with van der Waals surface area (Å²) in [4.78, 5) is 15.1. The minimum Gasteiger partial charge on any atom is -0.379 e. The van der Waals surface area contributed by atoms with Gasteiger partial charge in [-0.3, -0.25) is 9.48 Å². The minimum atomic E-state index is -3.69. The Balaban J connectivity index is 1.62. The second-order valence-corrected chi connectivity index (χ2v) is 10.4. The van der Waals surface area contributed by atoms with E-state index in [-0.39, 0.29) is 10.8 Å². The van der Waals surface area contributed by atoms with Crippen molar-refractivity contribution in [2.45, 2.75) is 24.7 Å². The van der Waals surface area contributed by atoms with Crippen LogP contribution in [0.1, 0.15) is 24.1 Å². The Morgan fingerprint density at radius 2 is 1.88 bits per heavy atom. The standard InChI is InChI=1S/C22H28ClN5O4S/c1-16-18(22(23)26(2)25-16)6-8-21(29)24-19-15-17(5-7-20(19)27-9-3-4-10-27)33(30,31)28-11-13-32-14-12-28/h5-8,15H,3-4,9-14H2,1-2H3,(H,24,29)/b8-6+. The highest BCUT2D eigenvalue weighted by molar-refractivity contribution is 7.89. The molecule has 11 heteroatoms. The molecule has 9 nitrogen and oxygen atoms in total. The van der Waals surface area contributed by atoms with Crippen molar-refractivity contribution in [2.75, 3.05) is 49.6 Å². The van der Waals surface area contributed by atoms with Crippen LogP contribution in [0.5, 0.6) is 0 Å². The highest BCUT2D eigenvalue weighted by atomic mass is 35.5. The van der Waals surface area contributed by atoms with Gasteiger partial charge >= 0.3 is 0 Å². The van der Waals surface area contributed by atoms with Gasteiger partial charge in [0.05, 0.1) is 35.2 Å². The number of carbonyl (C=O) groups excluding carboxylic acids is 1. The number of hydrogen-bond donors (Lipinski definition) is 1. The zero-order valence-electron chi connectivity index (χ0n) is 18.8. The van der Waals surface area contributed by atoms with Crippen LogP contribution in [0, 0.1) is 6.92 Å². The van der Waals surface area contributed by atoms with Gasteiger partial charge in [-0.05, 0) is 44.0 Å². The summed E-state index contributed by atoms with van der Waals surface area (Å²) in [6.45, 7) is 4.90. The number of nitrogens with one attached hydrogen (secondary N) is 1. The number of amides is 1. The van der Waals surface area contributed by atoms with Crippen molar-refractivity contribution in [3.63, 3.8) is 0 Å². The molecule has 0 unspecified atom stereocenters. The lowest BCUT2D eigenvalue weighted by atomic mass is 10.2. The van der Waals surface area contributed by atoms with Crippen LogP contribution in [0.3, 0.4) is 0 Å². The fourth-order valence-corrected chi connectivity index (χ4v) is 5.79. The predicted molar refractivity (Wildman–Crippen MR) is 128 cm³/mol. The molecule has 0 aliphatic carbocycles. The summed E-state index contributed by atoms with van der Waals surface area (Å²) in [6, 6.07) is 4.94. The van der Waals surface area contributed by atoms with E-state index in [1.807, 2.05) is 6.92 Å². The number of carbonyl (C=O) groups is 1. The summed E-state index contributed by atoms with van der Waals surface area (Å²) < 4.78 is 34.5. The van der Waals surface area contributed by atoms with Gasteiger partial charge in [0.25, 0.3) is 0 Å². The van der Waals surface area contributed by atoms with Gasteiger partial charge in [0, 0.05) is 44.9 Å². The number of rotatable bonds is 6. The molecular formula is C22H28ClN5O4S. The topological polar surface area (TPSA) is 96.8 Å². The average molecular weight is 494 g/mol. The molecule has 178 valence electrons. The summed E-state index contributed by atoms with van der Waals surface area (Å²) in [7, 11) is -1.96. The SMILES string of the molecule is Cc1nn(C)c(Cl)c1/C=C/C(=O)Nc1cc(S(=O)(=O)N2CCOCC2)ccc1N1CCCC1. The first-order chi connectivity index (χ1) is 15.8. The molecule has 0 saturated carbocycles. The van der Waals surface area contributed by atoms with Gasteiger partial charge in [0.1, 0.15) is 5.15 Å². The van der Waals surface area contributed by atoms with Crippen molar-refractivity contribution in [3.05, 3.63) is 40.7 Å². The average Bonchev–Trinajstić information content (AvgIpc) is 3.41. The van der Waals surface area contributed by atoms with E-state index in [4.69, 9.17) is 16.3 Å². The van der Waals surface area contributed by atoms with E-state index < -0.39 is 10.0 Å². The molecule has 1 aromatic heterocycles. The fourth-order valence-electron chi connectivity index (χ4n) is 4.11. The van der Waals surface area contributed by atoms with Crippen LogP contribution < -0.4 is 10.2 Å². The maximum absolute atomic E-state index is 13.2. The predicted octanol–water partition coefficient (Wildman–Crippen LogP) is 2.65. The van der Waals surface area contributed by atoms with Gasteiger partial charge in [-0.1, -0.05) is 11.6 Å². The number of nitrogens with zero attached hydrogens (tertiary/aromatic N) is 4. The van der Waals surface area contributed by atoms with Crippen LogP contribution in [0.2, 0.25) is 5.15 Å². The van der Waals surface area contributed by atoms with Crippen molar-refractivity contribution in [1.82, 2.24) is 14.1 Å².